The molecule has 3 rings (SSSR count). The standard InChI is InChI=1S/C17H19N3O/c1-2-20(15-7-9-18-10-8-15)17(21)16-11-13-5-3-4-6-14(13)12-19-16/h3-10,16,19H,2,11-12H2,1H3. The van der Waals surface area contributed by atoms with Crippen molar-refractivity contribution in [3.8, 4) is 0 Å². The van der Waals surface area contributed by atoms with Crippen molar-refractivity contribution in [1.82, 2.24) is 10.3 Å². The zero-order chi connectivity index (χ0) is 14.7. The Morgan fingerprint density at radius 1 is 1.24 bits per heavy atom. The van der Waals surface area contributed by atoms with Crippen molar-refractivity contribution < 1.29 is 4.79 Å². The fourth-order valence-corrected chi connectivity index (χ4v) is 2.81. The van der Waals surface area contributed by atoms with Gasteiger partial charge >= 0.3 is 0 Å². The van der Waals surface area contributed by atoms with E-state index in [0.717, 1.165) is 18.7 Å². The Labute approximate surface area is 124 Å². The average molecular weight is 281 g/mol. The van der Waals surface area contributed by atoms with Crippen LogP contribution in [0.5, 0.6) is 0 Å². The highest BCUT2D eigenvalue weighted by atomic mass is 16.2. The molecule has 0 saturated carbocycles. The lowest BCUT2D eigenvalue weighted by Crippen LogP contribution is -2.49. The van der Waals surface area contributed by atoms with Crippen LogP contribution in [0.2, 0.25) is 0 Å². The van der Waals surface area contributed by atoms with Crippen LogP contribution in [-0.4, -0.2) is 23.5 Å². The fraction of sp³-hybridized carbons (Fsp3) is 0.294. The molecular formula is C17H19N3O. The first kappa shape index (κ1) is 13.8. The summed E-state index contributed by atoms with van der Waals surface area (Å²) in [5.74, 6) is 0.123. The molecule has 0 fully saturated rings. The Balaban J connectivity index is 1.79. The summed E-state index contributed by atoms with van der Waals surface area (Å²) in [6, 6.07) is 11.9. The van der Waals surface area contributed by atoms with E-state index in [0.29, 0.717) is 6.54 Å². The maximum Gasteiger partial charge on any atom is 0.244 e. The number of amides is 1. The summed E-state index contributed by atoms with van der Waals surface area (Å²) >= 11 is 0. The van der Waals surface area contributed by atoms with E-state index in [-0.39, 0.29) is 11.9 Å². The van der Waals surface area contributed by atoms with Crippen molar-refractivity contribution in [2.24, 2.45) is 0 Å². The molecule has 1 unspecified atom stereocenters. The van der Waals surface area contributed by atoms with Crippen LogP contribution in [0.1, 0.15) is 18.1 Å². The molecule has 1 atom stereocenters. The number of rotatable bonds is 3. The van der Waals surface area contributed by atoms with E-state index in [1.54, 1.807) is 12.4 Å². The molecule has 21 heavy (non-hydrogen) atoms. The summed E-state index contributed by atoms with van der Waals surface area (Å²) in [6.07, 6.45) is 4.18. The molecule has 1 aromatic carbocycles. The monoisotopic (exact) mass is 281 g/mol. The zero-order valence-corrected chi connectivity index (χ0v) is 12.1. The summed E-state index contributed by atoms with van der Waals surface area (Å²) in [5, 5.41) is 3.35. The normalized spacial score (nSPS) is 17.1. The number of nitrogens with zero attached hydrogens (tertiary/aromatic N) is 2. The number of aromatic nitrogens is 1. The van der Waals surface area contributed by atoms with Crippen LogP contribution in [0.15, 0.2) is 48.8 Å². The quantitative estimate of drug-likeness (QED) is 0.937. The van der Waals surface area contributed by atoms with Crippen LogP contribution in [0, 0.1) is 0 Å². The van der Waals surface area contributed by atoms with Crippen molar-refractivity contribution in [1.29, 1.82) is 0 Å². The maximum atomic E-state index is 12.8. The van der Waals surface area contributed by atoms with Crippen LogP contribution in [0.3, 0.4) is 0 Å². The minimum absolute atomic E-state index is 0.123. The summed E-state index contributed by atoms with van der Waals surface area (Å²) < 4.78 is 0. The second-order valence-corrected chi connectivity index (χ2v) is 5.19. The van der Waals surface area contributed by atoms with Crippen LogP contribution in [0.25, 0.3) is 0 Å². The number of hydrogen-bond acceptors (Lipinski definition) is 3. The number of fused-ring (bicyclic) bond motifs is 1. The molecule has 2 heterocycles. The highest BCUT2D eigenvalue weighted by molar-refractivity contribution is 5.97. The Bertz CT molecular complexity index is 627. The van der Waals surface area contributed by atoms with Gasteiger partial charge in [-0.05, 0) is 36.6 Å². The lowest BCUT2D eigenvalue weighted by atomic mass is 9.95. The molecule has 1 aromatic heterocycles. The van der Waals surface area contributed by atoms with Gasteiger partial charge in [-0.2, -0.15) is 0 Å². The van der Waals surface area contributed by atoms with E-state index >= 15 is 0 Å². The summed E-state index contributed by atoms with van der Waals surface area (Å²) in [7, 11) is 0. The van der Waals surface area contributed by atoms with Gasteiger partial charge in [0, 0.05) is 31.2 Å². The molecule has 0 aliphatic carbocycles. The van der Waals surface area contributed by atoms with Crippen molar-refractivity contribution in [2.75, 3.05) is 11.4 Å². The van der Waals surface area contributed by atoms with Gasteiger partial charge in [0.25, 0.3) is 0 Å². The molecule has 4 nitrogen and oxygen atoms in total. The first-order valence-corrected chi connectivity index (χ1v) is 7.31. The van der Waals surface area contributed by atoms with E-state index < -0.39 is 0 Å². The summed E-state index contributed by atoms with van der Waals surface area (Å²) in [5.41, 5.74) is 3.45. The molecule has 1 aliphatic rings. The van der Waals surface area contributed by atoms with Crippen molar-refractivity contribution in [2.45, 2.75) is 25.9 Å². The van der Waals surface area contributed by atoms with E-state index in [1.807, 2.05) is 36.1 Å². The topological polar surface area (TPSA) is 45.2 Å². The van der Waals surface area contributed by atoms with E-state index in [9.17, 15) is 4.79 Å². The third-order valence-electron chi connectivity index (χ3n) is 3.94. The molecule has 0 bridgehead atoms. The van der Waals surface area contributed by atoms with Crippen LogP contribution in [-0.2, 0) is 17.8 Å². The van der Waals surface area contributed by atoms with E-state index in [1.165, 1.54) is 11.1 Å². The molecule has 108 valence electrons. The van der Waals surface area contributed by atoms with Gasteiger partial charge in [0.15, 0.2) is 0 Å². The van der Waals surface area contributed by atoms with Crippen LogP contribution in [0.4, 0.5) is 5.69 Å². The third-order valence-corrected chi connectivity index (χ3v) is 3.94. The predicted octanol–water partition coefficient (Wildman–Crippen LogP) is 2.15. The van der Waals surface area contributed by atoms with Crippen LogP contribution >= 0.6 is 0 Å². The molecule has 2 aromatic rings. The molecule has 0 spiro atoms. The minimum Gasteiger partial charge on any atom is -0.311 e. The van der Waals surface area contributed by atoms with Gasteiger partial charge in [0.2, 0.25) is 5.91 Å². The van der Waals surface area contributed by atoms with Crippen LogP contribution < -0.4 is 10.2 Å². The van der Waals surface area contributed by atoms with E-state index in [2.05, 4.69) is 22.4 Å². The van der Waals surface area contributed by atoms with Gasteiger partial charge in [-0.15, -0.1) is 0 Å². The Kier molecular flexibility index (Phi) is 3.97. The molecule has 0 radical (unpaired) electrons. The lowest BCUT2D eigenvalue weighted by Gasteiger charge is -2.30. The second-order valence-electron chi connectivity index (χ2n) is 5.19. The van der Waals surface area contributed by atoms with Gasteiger partial charge in [0.1, 0.15) is 0 Å². The number of likely N-dealkylation sites (N-methyl/N-ethyl adjacent to an activating group) is 1. The van der Waals surface area contributed by atoms with Gasteiger partial charge in [-0.1, -0.05) is 24.3 Å². The Hall–Kier alpha value is -2.20. The Morgan fingerprint density at radius 3 is 2.67 bits per heavy atom. The SMILES string of the molecule is CCN(C(=O)C1Cc2ccccc2CN1)c1ccncc1. The molecule has 1 N–H and O–H groups in total. The fourth-order valence-electron chi connectivity index (χ4n) is 2.81. The van der Waals surface area contributed by atoms with Crippen molar-refractivity contribution >= 4 is 11.6 Å². The number of carbonyl (C=O) groups is 1. The third kappa shape index (κ3) is 2.81. The molecule has 1 aliphatic heterocycles. The van der Waals surface area contributed by atoms with E-state index in [4.69, 9.17) is 0 Å². The second kappa shape index (κ2) is 6.06. The lowest BCUT2D eigenvalue weighted by molar-refractivity contribution is -0.120. The maximum absolute atomic E-state index is 12.8. The smallest absolute Gasteiger partial charge is 0.244 e. The highest BCUT2D eigenvalue weighted by Gasteiger charge is 2.27. The molecule has 1 amide bonds. The zero-order valence-electron chi connectivity index (χ0n) is 12.1. The van der Waals surface area contributed by atoms with Gasteiger partial charge in [-0.3, -0.25) is 9.78 Å². The van der Waals surface area contributed by atoms with Gasteiger partial charge in [-0.25, -0.2) is 0 Å². The minimum atomic E-state index is -0.159. The molecule has 0 saturated heterocycles. The number of nitrogens with one attached hydrogen (secondary N) is 1. The first-order chi connectivity index (χ1) is 10.3. The molecular weight excluding hydrogens is 262 g/mol. The number of anilines is 1. The summed E-state index contributed by atoms with van der Waals surface area (Å²) in [4.78, 5) is 18.6. The number of pyridine rings is 1. The number of hydrogen-bond donors (Lipinski definition) is 1. The first-order valence-electron chi connectivity index (χ1n) is 7.31. The number of benzene rings is 1. The Morgan fingerprint density at radius 2 is 1.95 bits per heavy atom. The van der Waals surface area contributed by atoms with Gasteiger partial charge < -0.3 is 10.2 Å². The highest BCUT2D eigenvalue weighted by Crippen LogP contribution is 2.20. The molecule has 4 heteroatoms. The number of carbonyl (C=O) groups excluding carboxylic acids is 1. The van der Waals surface area contributed by atoms with Gasteiger partial charge in [0.05, 0.1) is 6.04 Å². The predicted molar refractivity (Wildman–Crippen MR) is 83.0 cm³/mol. The average Bonchev–Trinajstić information content (AvgIpc) is 2.56. The largest absolute Gasteiger partial charge is 0.311 e. The van der Waals surface area contributed by atoms with Crippen molar-refractivity contribution in [3.05, 3.63) is 59.9 Å². The van der Waals surface area contributed by atoms with Crippen molar-refractivity contribution in [3.63, 3.8) is 0 Å². The summed E-state index contributed by atoms with van der Waals surface area (Å²) in [6.45, 7) is 3.40.